The van der Waals surface area contributed by atoms with Crippen LogP contribution in [0, 0.1) is 0 Å². The minimum Gasteiger partial charge on any atom is -0.310 e. The van der Waals surface area contributed by atoms with Crippen molar-refractivity contribution in [2.75, 3.05) is 4.90 Å². The molecule has 0 unspecified atom stereocenters. The number of hydrogen-bond donors (Lipinski definition) is 0. The van der Waals surface area contributed by atoms with E-state index < -0.39 is 0 Å². The van der Waals surface area contributed by atoms with Crippen LogP contribution in [0.4, 0.5) is 17.1 Å². The van der Waals surface area contributed by atoms with Crippen molar-refractivity contribution in [3.63, 3.8) is 0 Å². The molecule has 1 heterocycles. The van der Waals surface area contributed by atoms with Crippen molar-refractivity contribution in [2.24, 2.45) is 0 Å². The molecule has 0 spiro atoms. The minimum absolute atomic E-state index is 1.11. The topological polar surface area (TPSA) is 8.17 Å². The lowest BCUT2D eigenvalue weighted by Gasteiger charge is -2.28. The molecular weight excluding hydrogens is 581 g/mol. The van der Waals surface area contributed by atoms with Gasteiger partial charge in [0.25, 0.3) is 0 Å². The van der Waals surface area contributed by atoms with Gasteiger partial charge in [-0.2, -0.15) is 0 Å². The lowest BCUT2D eigenvalue weighted by atomic mass is 9.99. The van der Waals surface area contributed by atoms with E-state index in [4.69, 9.17) is 0 Å². The molecule has 2 nitrogen and oxygen atoms in total. The number of anilines is 3. The minimum atomic E-state index is 1.11. The highest BCUT2D eigenvalue weighted by Gasteiger charge is 2.21. The van der Waals surface area contributed by atoms with Crippen LogP contribution in [-0.4, -0.2) is 4.57 Å². The molecular formula is C46H32N2. The smallest absolute Gasteiger partial charge is 0.0568 e. The predicted octanol–water partition coefficient (Wildman–Crippen LogP) is 12.7. The van der Waals surface area contributed by atoms with E-state index in [1.165, 1.54) is 54.8 Å². The molecule has 8 aromatic carbocycles. The van der Waals surface area contributed by atoms with Gasteiger partial charge in [0.05, 0.1) is 16.7 Å². The zero-order chi connectivity index (χ0) is 31.9. The molecule has 0 saturated heterocycles. The Balaban J connectivity index is 1.32. The second kappa shape index (κ2) is 11.8. The monoisotopic (exact) mass is 612 g/mol. The first-order chi connectivity index (χ1) is 23.8. The lowest BCUT2D eigenvalue weighted by molar-refractivity contribution is 1.18. The first-order valence-electron chi connectivity index (χ1n) is 16.4. The lowest BCUT2D eigenvalue weighted by Crippen LogP contribution is -2.11. The summed E-state index contributed by atoms with van der Waals surface area (Å²) in [5.41, 5.74) is 11.7. The molecule has 0 saturated carbocycles. The number of hydrogen-bond acceptors (Lipinski definition) is 1. The first-order valence-corrected chi connectivity index (χ1v) is 16.4. The number of rotatable bonds is 6. The molecule has 0 aliphatic rings. The fraction of sp³-hybridized carbons (Fsp3) is 0. The predicted molar refractivity (Wildman–Crippen MR) is 204 cm³/mol. The molecule has 226 valence electrons. The highest BCUT2D eigenvalue weighted by Crippen LogP contribution is 2.45. The van der Waals surface area contributed by atoms with Crippen molar-refractivity contribution in [3.8, 4) is 27.9 Å². The van der Waals surface area contributed by atoms with Gasteiger partial charge in [0.1, 0.15) is 0 Å². The quantitative estimate of drug-likeness (QED) is 0.181. The van der Waals surface area contributed by atoms with E-state index in [-0.39, 0.29) is 0 Å². The second-order valence-electron chi connectivity index (χ2n) is 12.2. The Kier molecular flexibility index (Phi) is 6.84. The maximum atomic E-state index is 2.42. The van der Waals surface area contributed by atoms with E-state index in [0.717, 1.165) is 22.7 Å². The highest BCUT2D eigenvalue weighted by molar-refractivity contribution is 6.24. The number of benzene rings is 8. The molecule has 2 heteroatoms. The van der Waals surface area contributed by atoms with E-state index in [1.54, 1.807) is 0 Å². The molecule has 0 N–H and O–H groups in total. The summed E-state index contributed by atoms with van der Waals surface area (Å²) in [6.07, 6.45) is 0. The number of para-hydroxylation sites is 2. The summed E-state index contributed by atoms with van der Waals surface area (Å²) >= 11 is 0. The third kappa shape index (κ3) is 4.74. The van der Waals surface area contributed by atoms with E-state index in [1.807, 2.05) is 0 Å². The van der Waals surface area contributed by atoms with Gasteiger partial charge in [-0.1, -0.05) is 146 Å². The largest absolute Gasteiger partial charge is 0.310 e. The molecule has 0 amide bonds. The summed E-state index contributed by atoms with van der Waals surface area (Å²) in [6, 6.07) is 69.8. The summed E-state index contributed by atoms with van der Waals surface area (Å²) in [5.74, 6) is 0. The Morgan fingerprint density at radius 2 is 0.771 bits per heavy atom. The Labute approximate surface area is 280 Å². The molecule has 0 bridgehead atoms. The van der Waals surface area contributed by atoms with E-state index in [9.17, 15) is 0 Å². The van der Waals surface area contributed by atoms with Crippen molar-refractivity contribution in [1.29, 1.82) is 0 Å². The van der Waals surface area contributed by atoms with Gasteiger partial charge in [0.15, 0.2) is 0 Å². The van der Waals surface area contributed by atoms with Crippen LogP contribution in [0.1, 0.15) is 0 Å². The molecule has 0 radical (unpaired) electrons. The third-order valence-corrected chi connectivity index (χ3v) is 9.38. The van der Waals surface area contributed by atoms with Crippen molar-refractivity contribution >= 4 is 49.6 Å². The van der Waals surface area contributed by atoms with Gasteiger partial charge in [-0.25, -0.2) is 0 Å². The van der Waals surface area contributed by atoms with Gasteiger partial charge in [-0.05, 0) is 76.2 Å². The van der Waals surface area contributed by atoms with Gasteiger partial charge in [0.2, 0.25) is 0 Å². The fourth-order valence-electron chi connectivity index (χ4n) is 7.15. The van der Waals surface area contributed by atoms with Crippen molar-refractivity contribution in [1.82, 2.24) is 4.57 Å². The average Bonchev–Trinajstić information content (AvgIpc) is 3.51. The SMILES string of the molecule is c1ccc(-c2ccc(N(c3ccc(-c4ccccc4)cc3)c3cc4c(c5ccccc35)c3ccccc3n4-c3ccccc3)cc2)cc1. The number of nitrogens with zero attached hydrogens (tertiary/aromatic N) is 2. The van der Waals surface area contributed by atoms with Crippen molar-refractivity contribution in [3.05, 3.63) is 194 Å². The van der Waals surface area contributed by atoms with Crippen LogP contribution in [0.15, 0.2) is 194 Å². The Bertz CT molecular complexity index is 2430. The Hall–Kier alpha value is -6.38. The third-order valence-electron chi connectivity index (χ3n) is 9.38. The van der Waals surface area contributed by atoms with Crippen LogP contribution in [0.5, 0.6) is 0 Å². The van der Waals surface area contributed by atoms with Gasteiger partial charge < -0.3 is 9.47 Å². The maximum Gasteiger partial charge on any atom is 0.0568 e. The molecule has 0 fully saturated rings. The van der Waals surface area contributed by atoms with E-state index in [0.29, 0.717) is 0 Å². The zero-order valence-corrected chi connectivity index (χ0v) is 26.4. The van der Waals surface area contributed by atoms with Gasteiger partial charge in [0, 0.05) is 33.2 Å². The summed E-state index contributed by atoms with van der Waals surface area (Å²) < 4.78 is 2.41. The summed E-state index contributed by atoms with van der Waals surface area (Å²) in [5, 5.41) is 4.97. The molecule has 9 rings (SSSR count). The standard InChI is InChI=1S/C46H32N2/c1-4-14-33(15-5-1)35-24-28-38(29-25-35)47(39-30-26-36(27-31-39)34-16-6-2-7-17-34)44-32-45-46(41-21-11-10-20-40(41)44)42-22-12-13-23-43(42)48(45)37-18-8-3-9-19-37/h1-32H. The number of fused-ring (bicyclic) bond motifs is 5. The second-order valence-corrected chi connectivity index (χ2v) is 12.2. The maximum absolute atomic E-state index is 2.42. The molecule has 48 heavy (non-hydrogen) atoms. The van der Waals surface area contributed by atoms with E-state index >= 15 is 0 Å². The first kappa shape index (κ1) is 27.9. The average molecular weight is 613 g/mol. The molecule has 0 atom stereocenters. The molecule has 1 aromatic heterocycles. The van der Waals surface area contributed by atoms with Gasteiger partial charge >= 0.3 is 0 Å². The molecule has 0 aliphatic heterocycles. The van der Waals surface area contributed by atoms with Crippen LogP contribution in [0.3, 0.4) is 0 Å². The van der Waals surface area contributed by atoms with Crippen LogP contribution in [0.2, 0.25) is 0 Å². The van der Waals surface area contributed by atoms with Crippen molar-refractivity contribution < 1.29 is 0 Å². The van der Waals surface area contributed by atoms with Crippen LogP contribution in [-0.2, 0) is 0 Å². The normalized spacial score (nSPS) is 11.3. The van der Waals surface area contributed by atoms with Gasteiger partial charge in [-0.15, -0.1) is 0 Å². The Morgan fingerprint density at radius 1 is 0.333 bits per heavy atom. The van der Waals surface area contributed by atoms with Crippen molar-refractivity contribution in [2.45, 2.75) is 0 Å². The van der Waals surface area contributed by atoms with Gasteiger partial charge in [-0.3, -0.25) is 0 Å². The fourth-order valence-corrected chi connectivity index (χ4v) is 7.15. The Morgan fingerprint density at radius 3 is 1.33 bits per heavy atom. The zero-order valence-electron chi connectivity index (χ0n) is 26.4. The van der Waals surface area contributed by atoms with Crippen LogP contribution in [0.25, 0.3) is 60.5 Å². The van der Waals surface area contributed by atoms with E-state index in [2.05, 4.69) is 204 Å². The van der Waals surface area contributed by atoms with Crippen LogP contribution >= 0.6 is 0 Å². The molecule has 9 aromatic rings. The summed E-state index contributed by atoms with van der Waals surface area (Å²) in [4.78, 5) is 2.42. The summed E-state index contributed by atoms with van der Waals surface area (Å²) in [7, 11) is 0. The summed E-state index contributed by atoms with van der Waals surface area (Å²) in [6.45, 7) is 0. The number of aromatic nitrogens is 1. The van der Waals surface area contributed by atoms with Crippen LogP contribution < -0.4 is 4.90 Å². The molecule has 0 aliphatic carbocycles. The highest BCUT2D eigenvalue weighted by atomic mass is 15.1.